The van der Waals surface area contributed by atoms with E-state index in [0.717, 1.165) is 12.5 Å². The van der Waals surface area contributed by atoms with E-state index in [4.69, 9.17) is 5.11 Å². The van der Waals surface area contributed by atoms with Gasteiger partial charge in [0.15, 0.2) is 0 Å². The van der Waals surface area contributed by atoms with Gasteiger partial charge in [-0.15, -0.1) is 0 Å². The van der Waals surface area contributed by atoms with E-state index in [1.54, 1.807) is 30.3 Å². The van der Waals surface area contributed by atoms with Gasteiger partial charge in [0.05, 0.1) is 6.04 Å². The lowest BCUT2D eigenvalue weighted by molar-refractivity contribution is -0.148. The minimum Gasteiger partial charge on any atom is -0.396 e. The molecule has 0 saturated heterocycles. The summed E-state index contributed by atoms with van der Waals surface area (Å²) < 4.78 is 37.2. The van der Waals surface area contributed by atoms with Crippen LogP contribution in [0, 0.1) is 0 Å². The molecule has 0 bridgehead atoms. The van der Waals surface area contributed by atoms with Crippen LogP contribution in [0.15, 0.2) is 30.3 Å². The molecule has 0 radical (unpaired) electrons. The molecule has 0 aliphatic rings. The molecule has 4 nitrogen and oxygen atoms in total. The number of carbonyl (C=O) groups is 1. The van der Waals surface area contributed by atoms with E-state index >= 15 is 0 Å². The molecule has 0 aliphatic carbocycles. The van der Waals surface area contributed by atoms with Crippen LogP contribution in [-0.2, 0) is 0 Å². The van der Waals surface area contributed by atoms with Crippen LogP contribution in [0.4, 0.5) is 18.0 Å². The topological polar surface area (TPSA) is 61.4 Å². The summed E-state index contributed by atoms with van der Waals surface area (Å²) in [4.78, 5) is 11.7. The number of aliphatic hydroxyl groups is 1. The molecule has 3 N–H and O–H groups in total. The number of hydrogen-bond donors (Lipinski definition) is 3. The maximum Gasteiger partial charge on any atom is 0.408 e. The summed E-state index contributed by atoms with van der Waals surface area (Å²) in [5.74, 6) is 0. The second-order valence-corrected chi connectivity index (χ2v) is 4.71. The Bertz CT molecular complexity index is 438. The molecular formula is C14H19F3N2O2. The van der Waals surface area contributed by atoms with E-state index in [9.17, 15) is 18.0 Å². The zero-order chi connectivity index (χ0) is 15.9. The van der Waals surface area contributed by atoms with Crippen LogP contribution >= 0.6 is 0 Å². The highest BCUT2D eigenvalue weighted by atomic mass is 19.4. The summed E-state index contributed by atoms with van der Waals surface area (Å²) in [5, 5.41) is 13.2. The van der Waals surface area contributed by atoms with Crippen molar-refractivity contribution in [2.45, 2.75) is 38.0 Å². The highest BCUT2D eigenvalue weighted by Gasteiger charge is 2.37. The number of nitrogens with one attached hydrogen (secondary N) is 2. The first-order chi connectivity index (χ1) is 9.84. The average Bonchev–Trinajstić information content (AvgIpc) is 2.43. The largest absolute Gasteiger partial charge is 0.408 e. The number of aliphatic hydroxyl groups excluding tert-OH is 1. The second-order valence-electron chi connectivity index (χ2n) is 4.71. The van der Waals surface area contributed by atoms with E-state index < -0.39 is 24.3 Å². The summed E-state index contributed by atoms with van der Waals surface area (Å²) in [5.41, 5.74) is 0.778. The SMILES string of the molecule is C[C@@H](NC(=O)NC(CCCO)c1ccccc1)C(F)(F)F. The maximum absolute atomic E-state index is 12.4. The molecule has 1 unspecified atom stereocenters. The molecule has 1 aromatic rings. The summed E-state index contributed by atoms with van der Waals surface area (Å²) in [6.45, 7) is 0.830. The molecule has 0 aromatic heterocycles. The van der Waals surface area contributed by atoms with Crippen LogP contribution < -0.4 is 10.6 Å². The molecule has 2 atom stereocenters. The van der Waals surface area contributed by atoms with Crippen molar-refractivity contribution >= 4 is 6.03 Å². The zero-order valence-electron chi connectivity index (χ0n) is 11.7. The Morgan fingerprint density at radius 2 is 1.86 bits per heavy atom. The van der Waals surface area contributed by atoms with Gasteiger partial charge in [0.1, 0.15) is 6.04 Å². The van der Waals surface area contributed by atoms with Crippen LogP contribution in [0.3, 0.4) is 0 Å². The Morgan fingerprint density at radius 3 is 2.38 bits per heavy atom. The molecule has 7 heteroatoms. The van der Waals surface area contributed by atoms with Gasteiger partial charge in [-0.3, -0.25) is 0 Å². The van der Waals surface area contributed by atoms with Gasteiger partial charge in [-0.25, -0.2) is 4.79 Å². The average molecular weight is 304 g/mol. The van der Waals surface area contributed by atoms with Crippen LogP contribution in [-0.4, -0.2) is 30.0 Å². The standard InChI is InChI=1S/C14H19F3N2O2/c1-10(14(15,16)17)18-13(21)19-12(8-5-9-20)11-6-3-2-4-7-11/h2-4,6-7,10,12,20H,5,8-9H2,1H3,(H2,18,19,21)/t10-,12?/m1/s1. The minimum atomic E-state index is -4.48. The molecule has 0 saturated carbocycles. The molecule has 0 fully saturated rings. The van der Waals surface area contributed by atoms with Gasteiger partial charge in [0, 0.05) is 6.61 Å². The molecule has 21 heavy (non-hydrogen) atoms. The lowest BCUT2D eigenvalue weighted by Crippen LogP contribution is -2.48. The predicted molar refractivity (Wildman–Crippen MR) is 72.7 cm³/mol. The van der Waals surface area contributed by atoms with E-state index in [0.29, 0.717) is 12.8 Å². The third-order valence-corrected chi connectivity index (χ3v) is 3.00. The van der Waals surface area contributed by atoms with Crippen LogP contribution in [0.1, 0.15) is 31.4 Å². The Labute approximate surface area is 121 Å². The number of benzene rings is 1. The molecule has 1 rings (SSSR count). The first kappa shape index (κ1) is 17.3. The van der Waals surface area contributed by atoms with Crippen molar-refractivity contribution in [3.8, 4) is 0 Å². The fourth-order valence-corrected chi connectivity index (χ4v) is 1.78. The maximum atomic E-state index is 12.4. The van der Waals surface area contributed by atoms with E-state index in [1.807, 2.05) is 5.32 Å². The first-order valence-corrected chi connectivity index (χ1v) is 6.64. The summed E-state index contributed by atoms with van der Waals surface area (Å²) in [6, 6.07) is 5.65. The van der Waals surface area contributed by atoms with Crippen LogP contribution in [0.25, 0.3) is 0 Å². The quantitative estimate of drug-likeness (QED) is 0.757. The Balaban J connectivity index is 2.66. The Hall–Kier alpha value is -1.76. The van der Waals surface area contributed by atoms with Gasteiger partial charge in [0.2, 0.25) is 0 Å². The normalized spacial score (nSPS) is 14.3. The van der Waals surface area contributed by atoms with E-state index in [1.165, 1.54) is 0 Å². The highest BCUT2D eigenvalue weighted by Crippen LogP contribution is 2.20. The number of rotatable bonds is 6. The molecule has 1 aromatic carbocycles. The van der Waals surface area contributed by atoms with Crippen molar-refractivity contribution in [3.63, 3.8) is 0 Å². The van der Waals surface area contributed by atoms with Gasteiger partial charge in [-0.05, 0) is 25.3 Å². The highest BCUT2D eigenvalue weighted by molar-refractivity contribution is 5.74. The predicted octanol–water partition coefficient (Wildman–Crippen LogP) is 2.75. The number of halogens is 3. The molecule has 118 valence electrons. The van der Waals surface area contributed by atoms with E-state index in [2.05, 4.69) is 5.32 Å². The number of amides is 2. The lowest BCUT2D eigenvalue weighted by atomic mass is 10.0. The van der Waals surface area contributed by atoms with Crippen molar-refractivity contribution in [2.24, 2.45) is 0 Å². The van der Waals surface area contributed by atoms with Crippen LogP contribution in [0.2, 0.25) is 0 Å². The number of alkyl halides is 3. The summed E-state index contributed by atoms with van der Waals surface area (Å²) in [7, 11) is 0. The number of hydrogen-bond acceptors (Lipinski definition) is 2. The van der Waals surface area contributed by atoms with Gasteiger partial charge in [-0.2, -0.15) is 13.2 Å². The fourth-order valence-electron chi connectivity index (χ4n) is 1.78. The molecule has 0 spiro atoms. The number of carbonyl (C=O) groups excluding carboxylic acids is 1. The first-order valence-electron chi connectivity index (χ1n) is 6.64. The molecule has 0 aliphatic heterocycles. The smallest absolute Gasteiger partial charge is 0.396 e. The van der Waals surface area contributed by atoms with Crippen molar-refractivity contribution in [2.75, 3.05) is 6.61 Å². The fraction of sp³-hybridized carbons (Fsp3) is 0.500. The molecule has 0 heterocycles. The molecule has 2 amide bonds. The second kappa shape index (κ2) is 7.87. The Kier molecular flexibility index (Phi) is 6.48. The number of urea groups is 1. The van der Waals surface area contributed by atoms with Gasteiger partial charge < -0.3 is 15.7 Å². The monoisotopic (exact) mass is 304 g/mol. The van der Waals surface area contributed by atoms with Crippen molar-refractivity contribution < 1.29 is 23.1 Å². The van der Waals surface area contributed by atoms with Gasteiger partial charge in [0.25, 0.3) is 0 Å². The van der Waals surface area contributed by atoms with Gasteiger partial charge in [-0.1, -0.05) is 30.3 Å². The lowest BCUT2D eigenvalue weighted by Gasteiger charge is -2.22. The van der Waals surface area contributed by atoms with Crippen molar-refractivity contribution in [3.05, 3.63) is 35.9 Å². The third kappa shape index (κ3) is 6.03. The summed E-state index contributed by atoms with van der Waals surface area (Å²) in [6.07, 6.45) is -3.60. The third-order valence-electron chi connectivity index (χ3n) is 3.00. The Morgan fingerprint density at radius 1 is 1.24 bits per heavy atom. The van der Waals surface area contributed by atoms with Crippen molar-refractivity contribution in [1.82, 2.24) is 10.6 Å². The van der Waals surface area contributed by atoms with Gasteiger partial charge >= 0.3 is 12.2 Å². The molecular weight excluding hydrogens is 285 g/mol. The van der Waals surface area contributed by atoms with Crippen molar-refractivity contribution in [1.29, 1.82) is 0 Å². The zero-order valence-corrected chi connectivity index (χ0v) is 11.7. The van der Waals surface area contributed by atoms with Crippen LogP contribution in [0.5, 0.6) is 0 Å². The summed E-state index contributed by atoms with van der Waals surface area (Å²) >= 11 is 0. The van der Waals surface area contributed by atoms with E-state index in [-0.39, 0.29) is 6.61 Å². The minimum absolute atomic E-state index is 0.0500.